The molecule has 31 heavy (non-hydrogen) atoms. The topological polar surface area (TPSA) is 66.4 Å². The predicted molar refractivity (Wildman–Crippen MR) is 120 cm³/mol. The van der Waals surface area contributed by atoms with Crippen LogP contribution in [0, 0.1) is 12.3 Å². The highest BCUT2D eigenvalue weighted by atomic mass is 35.5. The first-order valence-corrected chi connectivity index (χ1v) is 10.9. The molecule has 4 rings (SSSR count). The Labute approximate surface area is 191 Å². The molecular formula is C24H33ClN4O2. The number of ether oxygens (including phenoxy) is 1. The lowest BCUT2D eigenvalue weighted by Crippen LogP contribution is -3.00. The first kappa shape index (κ1) is 23.4. The molecule has 0 amide bonds. The van der Waals surface area contributed by atoms with Crippen LogP contribution in [0.15, 0.2) is 48.5 Å². The van der Waals surface area contributed by atoms with E-state index in [9.17, 15) is 5.11 Å². The zero-order valence-corrected chi connectivity index (χ0v) is 18.9. The molecule has 1 atom stereocenters. The Hall–Kier alpha value is -2.28. The SMILES string of the molecule is Cc1ccc(OCC(O)Cn2c(=N)n(CCN3CCCCC3)c3ccccc32)cc1.[Cl-].[H+]. The molecule has 0 spiro atoms. The van der Waals surface area contributed by atoms with Crippen LogP contribution in [-0.4, -0.2) is 51.5 Å². The maximum atomic E-state index is 10.6. The molecule has 0 radical (unpaired) electrons. The highest BCUT2D eigenvalue weighted by Crippen LogP contribution is 2.16. The second-order valence-corrected chi connectivity index (χ2v) is 8.25. The molecule has 1 aromatic heterocycles. The normalized spacial score (nSPS) is 15.5. The molecule has 0 bridgehead atoms. The molecule has 3 aromatic rings. The van der Waals surface area contributed by atoms with Gasteiger partial charge in [0.15, 0.2) is 0 Å². The third kappa shape index (κ3) is 5.70. The first-order chi connectivity index (χ1) is 14.6. The van der Waals surface area contributed by atoms with Gasteiger partial charge in [0.25, 0.3) is 0 Å². The molecule has 1 aliphatic heterocycles. The van der Waals surface area contributed by atoms with Gasteiger partial charge in [-0.2, -0.15) is 0 Å². The van der Waals surface area contributed by atoms with Crippen molar-refractivity contribution in [2.45, 2.75) is 45.4 Å². The van der Waals surface area contributed by atoms with Gasteiger partial charge in [-0.05, 0) is 57.1 Å². The number of rotatable bonds is 8. The van der Waals surface area contributed by atoms with Crippen molar-refractivity contribution < 1.29 is 23.7 Å². The van der Waals surface area contributed by atoms with Crippen molar-refractivity contribution in [3.63, 3.8) is 0 Å². The van der Waals surface area contributed by atoms with Gasteiger partial charge in [0.05, 0.1) is 17.6 Å². The lowest BCUT2D eigenvalue weighted by Gasteiger charge is -2.26. The fourth-order valence-corrected chi connectivity index (χ4v) is 4.22. The molecule has 2 aromatic carbocycles. The molecule has 2 N–H and O–H groups in total. The van der Waals surface area contributed by atoms with Crippen LogP contribution >= 0.6 is 0 Å². The van der Waals surface area contributed by atoms with Crippen molar-refractivity contribution in [3.05, 3.63) is 59.7 Å². The highest BCUT2D eigenvalue weighted by Gasteiger charge is 2.16. The number of nitrogens with one attached hydrogen (secondary N) is 1. The zero-order chi connectivity index (χ0) is 20.9. The van der Waals surface area contributed by atoms with E-state index in [2.05, 4.69) is 15.5 Å². The average Bonchev–Trinajstić information content (AvgIpc) is 3.03. The van der Waals surface area contributed by atoms with E-state index in [1.54, 1.807) is 0 Å². The molecule has 1 saturated heterocycles. The number of aliphatic hydroxyl groups excluding tert-OH is 1. The summed E-state index contributed by atoms with van der Waals surface area (Å²) in [7, 11) is 0. The van der Waals surface area contributed by atoms with Crippen LogP contribution in [0.5, 0.6) is 5.75 Å². The van der Waals surface area contributed by atoms with E-state index < -0.39 is 6.10 Å². The Morgan fingerprint density at radius 3 is 2.29 bits per heavy atom. The number of piperidine rings is 1. The number of nitrogens with zero attached hydrogens (tertiary/aromatic N) is 3. The Bertz CT molecular complexity index is 1030. The number of benzene rings is 2. The van der Waals surface area contributed by atoms with Crippen LogP contribution in [-0.2, 0) is 13.1 Å². The maximum absolute atomic E-state index is 10.6. The van der Waals surface area contributed by atoms with Gasteiger partial charge in [0, 0.05) is 13.1 Å². The molecule has 0 aliphatic carbocycles. The smallest absolute Gasteiger partial charge is 1.00 e. The summed E-state index contributed by atoms with van der Waals surface area (Å²) in [6.07, 6.45) is 3.18. The molecule has 2 heterocycles. The third-order valence-corrected chi connectivity index (χ3v) is 5.92. The zero-order valence-electron chi connectivity index (χ0n) is 19.1. The Kier molecular flexibility index (Phi) is 8.18. The molecule has 1 aliphatic rings. The van der Waals surface area contributed by atoms with Gasteiger partial charge in [-0.25, -0.2) is 0 Å². The van der Waals surface area contributed by atoms with Gasteiger partial charge in [0.1, 0.15) is 18.5 Å². The van der Waals surface area contributed by atoms with Crippen LogP contribution in [0.3, 0.4) is 0 Å². The summed E-state index contributed by atoms with van der Waals surface area (Å²) in [4.78, 5) is 2.49. The molecule has 0 saturated carbocycles. The monoisotopic (exact) mass is 444 g/mol. The summed E-state index contributed by atoms with van der Waals surface area (Å²) in [5.41, 5.74) is 3.64. The van der Waals surface area contributed by atoms with E-state index in [0.29, 0.717) is 12.2 Å². The van der Waals surface area contributed by atoms with Crippen LogP contribution in [0.25, 0.3) is 11.0 Å². The van der Waals surface area contributed by atoms with Gasteiger partial charge in [0.2, 0.25) is 5.62 Å². The maximum Gasteiger partial charge on any atom is 1.00 e. The fraction of sp³-hybridized carbons (Fsp3) is 0.458. The number of aryl methyl sites for hydroxylation is 1. The lowest BCUT2D eigenvalue weighted by molar-refractivity contribution is -0.00000844. The average molecular weight is 445 g/mol. The number of hydrogen-bond donors (Lipinski definition) is 2. The van der Waals surface area contributed by atoms with Crippen molar-refractivity contribution in [3.8, 4) is 5.75 Å². The second kappa shape index (κ2) is 10.8. The second-order valence-electron chi connectivity index (χ2n) is 8.25. The number of para-hydroxylation sites is 2. The summed E-state index contributed by atoms with van der Waals surface area (Å²) >= 11 is 0. The number of halogens is 1. The van der Waals surface area contributed by atoms with Gasteiger partial charge in [-0.1, -0.05) is 36.2 Å². The van der Waals surface area contributed by atoms with Gasteiger partial charge in [-0.3, -0.25) is 5.41 Å². The van der Waals surface area contributed by atoms with E-state index in [-0.39, 0.29) is 20.4 Å². The van der Waals surface area contributed by atoms with E-state index in [0.717, 1.165) is 43.0 Å². The van der Waals surface area contributed by atoms with Crippen molar-refractivity contribution in [1.29, 1.82) is 5.41 Å². The molecule has 1 fully saturated rings. The Balaban J connectivity index is 0.00000181. The fourth-order valence-electron chi connectivity index (χ4n) is 4.22. The van der Waals surface area contributed by atoms with Gasteiger partial charge in [-0.15, -0.1) is 0 Å². The van der Waals surface area contributed by atoms with Crippen molar-refractivity contribution in [2.75, 3.05) is 26.2 Å². The minimum Gasteiger partial charge on any atom is -1.00 e. The molecule has 1 unspecified atom stereocenters. The quantitative estimate of drug-likeness (QED) is 0.524. The van der Waals surface area contributed by atoms with Crippen molar-refractivity contribution in [2.24, 2.45) is 0 Å². The summed E-state index contributed by atoms with van der Waals surface area (Å²) in [6.45, 7) is 6.63. The van der Waals surface area contributed by atoms with Crippen LogP contribution < -0.4 is 22.8 Å². The number of likely N-dealkylation sites (tertiary alicyclic amines) is 1. The van der Waals surface area contributed by atoms with Crippen molar-refractivity contribution in [1.82, 2.24) is 14.0 Å². The standard InChI is InChI=1S/C24H32N4O2.ClH/c1-19-9-11-21(12-10-19)30-18-20(29)17-28-23-8-4-3-7-22(23)27(24(28)25)16-15-26-13-5-2-6-14-26;/h3-4,7-12,20,25,29H,2,5-6,13-18H2,1H3;1H. The van der Waals surface area contributed by atoms with E-state index in [1.165, 1.54) is 24.8 Å². The Morgan fingerprint density at radius 1 is 0.968 bits per heavy atom. The molecule has 168 valence electrons. The minimum absolute atomic E-state index is 0. The predicted octanol–water partition coefficient (Wildman–Crippen LogP) is 0.273. The molecule has 6 nitrogen and oxygen atoms in total. The Morgan fingerprint density at radius 2 is 1.61 bits per heavy atom. The number of imidazole rings is 1. The van der Waals surface area contributed by atoms with Crippen LogP contribution in [0.1, 0.15) is 26.3 Å². The minimum atomic E-state index is -0.693. The molecule has 7 heteroatoms. The number of aliphatic hydroxyl groups is 1. The summed E-state index contributed by atoms with van der Waals surface area (Å²) in [6, 6.07) is 15.9. The van der Waals surface area contributed by atoms with Crippen molar-refractivity contribution >= 4 is 11.0 Å². The lowest BCUT2D eigenvalue weighted by atomic mass is 10.1. The summed E-state index contributed by atoms with van der Waals surface area (Å²) in [5, 5.41) is 19.4. The number of fused-ring (bicyclic) bond motifs is 1. The van der Waals surface area contributed by atoms with Crippen LogP contribution in [0.2, 0.25) is 0 Å². The third-order valence-electron chi connectivity index (χ3n) is 5.92. The number of hydrogen-bond acceptors (Lipinski definition) is 4. The largest absolute Gasteiger partial charge is 1.00 e. The first-order valence-electron chi connectivity index (χ1n) is 10.9. The van der Waals surface area contributed by atoms with E-state index >= 15 is 0 Å². The van der Waals surface area contributed by atoms with Crippen LogP contribution in [0.4, 0.5) is 0 Å². The molecular weight excluding hydrogens is 412 g/mol. The van der Waals surface area contributed by atoms with E-state index in [4.69, 9.17) is 10.1 Å². The number of aromatic nitrogens is 2. The van der Waals surface area contributed by atoms with Gasteiger partial charge < -0.3 is 36.3 Å². The highest BCUT2D eigenvalue weighted by molar-refractivity contribution is 5.75. The van der Waals surface area contributed by atoms with E-state index in [1.807, 2.05) is 54.0 Å². The summed E-state index contributed by atoms with van der Waals surface area (Å²) < 4.78 is 9.71. The van der Waals surface area contributed by atoms with Gasteiger partial charge >= 0.3 is 1.43 Å². The summed E-state index contributed by atoms with van der Waals surface area (Å²) in [5.74, 6) is 0.750.